The molecule has 0 fully saturated rings. The quantitative estimate of drug-likeness (QED) is 0.617. The van der Waals surface area contributed by atoms with Gasteiger partial charge in [0.2, 0.25) is 5.91 Å². The maximum atomic E-state index is 13.4. The first-order valence-electron chi connectivity index (χ1n) is 5.40. The minimum atomic E-state index is -0.714. The van der Waals surface area contributed by atoms with Crippen molar-refractivity contribution in [1.82, 2.24) is 0 Å². The van der Waals surface area contributed by atoms with Crippen LogP contribution < -0.4 is 11.1 Å². The smallest absolute Gasteiger partial charge is 0.271 e. The molecule has 6 nitrogen and oxygen atoms in total. The van der Waals surface area contributed by atoms with Gasteiger partial charge in [-0.25, -0.2) is 4.39 Å². The monoisotopic (exact) mass is 255 g/mol. The number of hydrogen-bond acceptors (Lipinski definition) is 4. The highest BCUT2D eigenvalue weighted by atomic mass is 19.1. The molecule has 1 amide bonds. The molecule has 3 N–H and O–H groups in total. The summed E-state index contributed by atoms with van der Waals surface area (Å²) >= 11 is 0. The standard InChI is InChI=1S/C11H14FN3O3/c1-7(4-5-13)11(16)14-10-6-8(15(17)18)2-3-9(10)12/h2-3,6-7H,4-5,13H2,1H3,(H,14,16). The predicted octanol–water partition coefficient (Wildman–Crippen LogP) is 1.66. The van der Waals surface area contributed by atoms with Crippen LogP contribution in [0.3, 0.4) is 0 Å². The molecule has 0 aliphatic heterocycles. The second-order valence-corrected chi connectivity index (χ2v) is 3.89. The van der Waals surface area contributed by atoms with E-state index in [2.05, 4.69) is 5.32 Å². The average molecular weight is 255 g/mol. The topological polar surface area (TPSA) is 98.3 Å². The third kappa shape index (κ3) is 3.49. The number of non-ortho nitro benzene ring substituents is 1. The summed E-state index contributed by atoms with van der Waals surface area (Å²) in [4.78, 5) is 21.5. The molecule has 1 atom stereocenters. The first kappa shape index (κ1) is 14.0. The number of carbonyl (C=O) groups excluding carboxylic acids is 1. The van der Waals surface area contributed by atoms with Crippen LogP contribution in [0.4, 0.5) is 15.8 Å². The summed E-state index contributed by atoms with van der Waals surface area (Å²) in [5.41, 5.74) is 4.84. The van der Waals surface area contributed by atoms with E-state index in [4.69, 9.17) is 5.73 Å². The molecule has 18 heavy (non-hydrogen) atoms. The number of nitrogens with one attached hydrogen (secondary N) is 1. The molecule has 0 radical (unpaired) electrons. The van der Waals surface area contributed by atoms with Crippen molar-refractivity contribution in [2.75, 3.05) is 11.9 Å². The fraction of sp³-hybridized carbons (Fsp3) is 0.364. The molecule has 7 heteroatoms. The Morgan fingerprint density at radius 3 is 2.83 bits per heavy atom. The number of halogens is 1. The van der Waals surface area contributed by atoms with Crippen molar-refractivity contribution in [3.8, 4) is 0 Å². The molecule has 1 unspecified atom stereocenters. The van der Waals surface area contributed by atoms with E-state index in [-0.39, 0.29) is 17.3 Å². The van der Waals surface area contributed by atoms with Gasteiger partial charge in [0, 0.05) is 18.1 Å². The van der Waals surface area contributed by atoms with E-state index in [1.807, 2.05) is 0 Å². The number of nitrogens with zero attached hydrogens (tertiary/aromatic N) is 1. The Morgan fingerprint density at radius 2 is 2.28 bits per heavy atom. The summed E-state index contributed by atoms with van der Waals surface area (Å²) in [7, 11) is 0. The van der Waals surface area contributed by atoms with Crippen LogP contribution in [-0.2, 0) is 4.79 Å². The lowest BCUT2D eigenvalue weighted by Gasteiger charge is -2.11. The van der Waals surface area contributed by atoms with Crippen LogP contribution in [0.25, 0.3) is 0 Å². The Bertz CT molecular complexity index is 465. The third-order valence-electron chi connectivity index (χ3n) is 2.47. The lowest BCUT2D eigenvalue weighted by atomic mass is 10.1. The largest absolute Gasteiger partial charge is 0.330 e. The number of nitro groups is 1. The number of nitrogens with two attached hydrogens (primary N) is 1. The highest BCUT2D eigenvalue weighted by Gasteiger charge is 2.16. The van der Waals surface area contributed by atoms with E-state index in [0.29, 0.717) is 13.0 Å². The van der Waals surface area contributed by atoms with Gasteiger partial charge in [-0.3, -0.25) is 14.9 Å². The van der Waals surface area contributed by atoms with Gasteiger partial charge in [-0.15, -0.1) is 0 Å². The molecule has 1 rings (SSSR count). The zero-order valence-electron chi connectivity index (χ0n) is 9.85. The fourth-order valence-electron chi connectivity index (χ4n) is 1.36. The minimum Gasteiger partial charge on any atom is -0.330 e. The number of hydrogen-bond donors (Lipinski definition) is 2. The van der Waals surface area contributed by atoms with Gasteiger partial charge < -0.3 is 11.1 Å². The molecular formula is C11H14FN3O3. The zero-order valence-corrected chi connectivity index (χ0v) is 9.85. The SMILES string of the molecule is CC(CCN)C(=O)Nc1cc([N+](=O)[O-])ccc1F. The Kier molecular flexibility index (Phi) is 4.73. The molecule has 0 aliphatic carbocycles. The van der Waals surface area contributed by atoms with E-state index >= 15 is 0 Å². The molecule has 0 saturated heterocycles. The van der Waals surface area contributed by atoms with Crippen molar-refractivity contribution in [3.05, 3.63) is 34.1 Å². The van der Waals surface area contributed by atoms with Gasteiger partial charge in [0.05, 0.1) is 10.6 Å². The average Bonchev–Trinajstić information content (AvgIpc) is 2.31. The minimum absolute atomic E-state index is 0.196. The van der Waals surface area contributed by atoms with Crippen molar-refractivity contribution in [2.24, 2.45) is 11.7 Å². The van der Waals surface area contributed by atoms with Crippen LogP contribution in [0.2, 0.25) is 0 Å². The lowest BCUT2D eigenvalue weighted by Crippen LogP contribution is -2.23. The molecule has 0 aliphatic rings. The summed E-state index contributed by atoms with van der Waals surface area (Å²) in [6.07, 6.45) is 0.461. The first-order valence-corrected chi connectivity index (χ1v) is 5.40. The molecule has 1 aromatic carbocycles. The second kappa shape index (κ2) is 6.06. The van der Waals surface area contributed by atoms with Gasteiger partial charge >= 0.3 is 0 Å². The molecule has 0 saturated carbocycles. The van der Waals surface area contributed by atoms with Crippen molar-refractivity contribution in [2.45, 2.75) is 13.3 Å². The highest BCUT2D eigenvalue weighted by Crippen LogP contribution is 2.21. The van der Waals surface area contributed by atoms with Crippen LogP contribution in [0.15, 0.2) is 18.2 Å². The van der Waals surface area contributed by atoms with E-state index in [0.717, 1.165) is 18.2 Å². The first-order chi connectivity index (χ1) is 8.45. The number of rotatable bonds is 5. The van der Waals surface area contributed by atoms with Gasteiger partial charge in [-0.2, -0.15) is 0 Å². The number of nitro benzene ring substituents is 1. The number of anilines is 1. The van der Waals surface area contributed by atoms with Crippen molar-refractivity contribution >= 4 is 17.3 Å². The van der Waals surface area contributed by atoms with Gasteiger partial charge in [0.1, 0.15) is 5.82 Å². The molecule has 0 spiro atoms. The number of amides is 1. The summed E-state index contributed by atoms with van der Waals surface area (Å²) < 4.78 is 13.4. The molecule has 1 aromatic rings. The highest BCUT2D eigenvalue weighted by molar-refractivity contribution is 5.92. The van der Waals surface area contributed by atoms with E-state index in [9.17, 15) is 19.3 Å². The van der Waals surface area contributed by atoms with Crippen LogP contribution in [0, 0.1) is 21.8 Å². The predicted molar refractivity (Wildman–Crippen MR) is 64.5 cm³/mol. The zero-order chi connectivity index (χ0) is 13.7. The number of benzene rings is 1. The van der Waals surface area contributed by atoms with Crippen molar-refractivity contribution in [3.63, 3.8) is 0 Å². The van der Waals surface area contributed by atoms with E-state index in [1.54, 1.807) is 6.92 Å². The maximum absolute atomic E-state index is 13.4. The molecule has 98 valence electrons. The molecule has 0 heterocycles. The molecular weight excluding hydrogens is 241 g/mol. The number of carbonyl (C=O) groups is 1. The van der Waals surface area contributed by atoms with Crippen LogP contribution in [0.5, 0.6) is 0 Å². The Hall–Kier alpha value is -2.02. The summed E-state index contributed by atoms with van der Waals surface area (Å²) in [6, 6.07) is 2.97. The Labute approximate surface area is 103 Å². The van der Waals surface area contributed by atoms with Gasteiger partial charge in [-0.05, 0) is 19.0 Å². The molecule has 0 bridgehead atoms. The van der Waals surface area contributed by atoms with Gasteiger partial charge in [-0.1, -0.05) is 6.92 Å². The summed E-state index contributed by atoms with van der Waals surface area (Å²) in [5.74, 6) is -1.51. The summed E-state index contributed by atoms with van der Waals surface area (Å²) in [6.45, 7) is 1.99. The molecule has 0 aromatic heterocycles. The van der Waals surface area contributed by atoms with Crippen molar-refractivity contribution in [1.29, 1.82) is 0 Å². The second-order valence-electron chi connectivity index (χ2n) is 3.89. The normalized spacial score (nSPS) is 11.9. The Balaban J connectivity index is 2.86. The van der Waals surface area contributed by atoms with Crippen molar-refractivity contribution < 1.29 is 14.1 Å². The van der Waals surface area contributed by atoms with Crippen LogP contribution in [0.1, 0.15) is 13.3 Å². The van der Waals surface area contributed by atoms with Crippen LogP contribution >= 0.6 is 0 Å². The summed E-state index contributed by atoms with van der Waals surface area (Å²) in [5, 5.41) is 12.9. The van der Waals surface area contributed by atoms with Gasteiger partial charge in [0.25, 0.3) is 5.69 Å². The van der Waals surface area contributed by atoms with Gasteiger partial charge in [0.15, 0.2) is 0 Å². The van der Waals surface area contributed by atoms with E-state index < -0.39 is 16.6 Å². The third-order valence-corrected chi connectivity index (χ3v) is 2.47. The van der Waals surface area contributed by atoms with Crippen LogP contribution in [-0.4, -0.2) is 17.4 Å². The lowest BCUT2D eigenvalue weighted by molar-refractivity contribution is -0.384. The maximum Gasteiger partial charge on any atom is 0.271 e. The Morgan fingerprint density at radius 1 is 1.61 bits per heavy atom. The fourth-order valence-corrected chi connectivity index (χ4v) is 1.36. The van der Waals surface area contributed by atoms with E-state index in [1.165, 1.54) is 0 Å².